The molecule has 0 rings (SSSR count). The third-order valence-corrected chi connectivity index (χ3v) is 1.08. The predicted molar refractivity (Wildman–Crippen MR) is 32.1 cm³/mol. The Hall–Kier alpha value is -0.460. The largest absolute Gasteiger partial charge is 0.423 e. The zero-order valence-electron chi connectivity index (χ0n) is 6.67. The third-order valence-electron chi connectivity index (χ3n) is 1.08. The molecule has 0 aliphatic carbocycles. The van der Waals surface area contributed by atoms with Crippen molar-refractivity contribution in [1.29, 1.82) is 0 Å². The van der Waals surface area contributed by atoms with Crippen molar-refractivity contribution in [1.82, 2.24) is 0 Å². The van der Waals surface area contributed by atoms with Gasteiger partial charge in [-0.3, -0.25) is 0 Å². The molecule has 0 aliphatic heterocycles. The minimum absolute atomic E-state index is 0.0999. The Morgan fingerprint density at radius 2 is 1.38 bits per heavy atom. The number of rotatable bonds is 3. The van der Waals surface area contributed by atoms with E-state index in [9.17, 15) is 26.3 Å². The monoisotopic (exact) mass is 210 g/mol. The van der Waals surface area contributed by atoms with Crippen LogP contribution < -0.4 is 0 Å². The fourth-order valence-electron chi connectivity index (χ4n) is 0.610. The summed E-state index contributed by atoms with van der Waals surface area (Å²) in [7, 11) is 0. The average Bonchev–Trinajstić information content (AvgIpc) is 1.81. The van der Waals surface area contributed by atoms with Crippen molar-refractivity contribution < 1.29 is 31.1 Å². The predicted octanol–water partition coefficient (Wildman–Crippen LogP) is 2.91. The van der Waals surface area contributed by atoms with Gasteiger partial charge in [0.1, 0.15) is 0 Å². The van der Waals surface area contributed by atoms with Crippen molar-refractivity contribution in [3.63, 3.8) is 0 Å². The van der Waals surface area contributed by atoms with Gasteiger partial charge in [-0.25, -0.2) is 0 Å². The summed E-state index contributed by atoms with van der Waals surface area (Å²) in [6, 6.07) is 0. The lowest BCUT2D eigenvalue weighted by atomic mass is 10.3. The van der Waals surface area contributed by atoms with E-state index in [1.807, 2.05) is 0 Å². The van der Waals surface area contributed by atoms with Crippen molar-refractivity contribution in [2.75, 3.05) is 6.61 Å². The van der Waals surface area contributed by atoms with Crippen LogP contribution in [0.5, 0.6) is 0 Å². The lowest BCUT2D eigenvalue weighted by Crippen LogP contribution is -2.44. The molecule has 0 spiro atoms. The molecule has 0 bridgehead atoms. The first-order valence-electron chi connectivity index (χ1n) is 3.44. The highest BCUT2D eigenvalue weighted by atomic mass is 19.4. The number of ether oxygens (including phenoxy) is 1. The second kappa shape index (κ2) is 4.17. The molecule has 0 aliphatic rings. The van der Waals surface area contributed by atoms with Gasteiger partial charge < -0.3 is 4.74 Å². The fourth-order valence-corrected chi connectivity index (χ4v) is 0.610. The zero-order valence-corrected chi connectivity index (χ0v) is 6.67. The van der Waals surface area contributed by atoms with Crippen LogP contribution in [-0.2, 0) is 4.74 Å². The number of halogens is 6. The van der Waals surface area contributed by atoms with Gasteiger partial charge in [0.05, 0.1) is 0 Å². The van der Waals surface area contributed by atoms with Crippen LogP contribution in [0.3, 0.4) is 0 Å². The van der Waals surface area contributed by atoms with Crippen molar-refractivity contribution in [3.8, 4) is 0 Å². The zero-order chi connectivity index (χ0) is 10.7. The Morgan fingerprint density at radius 1 is 1.00 bits per heavy atom. The van der Waals surface area contributed by atoms with E-state index < -0.39 is 25.1 Å². The van der Waals surface area contributed by atoms with E-state index >= 15 is 0 Å². The van der Waals surface area contributed by atoms with Crippen LogP contribution in [0.25, 0.3) is 0 Å². The molecule has 0 heterocycles. The van der Waals surface area contributed by atoms with Crippen LogP contribution in [0.1, 0.15) is 13.3 Å². The highest BCUT2D eigenvalue weighted by molar-refractivity contribution is 4.75. The SMILES string of the molecule is CCCOC(C(F)(F)F)C(F)(F)F. The van der Waals surface area contributed by atoms with Gasteiger partial charge >= 0.3 is 12.4 Å². The van der Waals surface area contributed by atoms with Gasteiger partial charge in [0.2, 0.25) is 6.10 Å². The average molecular weight is 210 g/mol. The molecule has 13 heavy (non-hydrogen) atoms. The highest BCUT2D eigenvalue weighted by Gasteiger charge is 2.57. The Morgan fingerprint density at radius 3 is 1.62 bits per heavy atom. The first-order valence-corrected chi connectivity index (χ1v) is 3.44. The summed E-state index contributed by atoms with van der Waals surface area (Å²) in [5, 5.41) is 0. The van der Waals surface area contributed by atoms with Gasteiger partial charge in [-0.2, -0.15) is 26.3 Å². The molecule has 0 radical (unpaired) electrons. The van der Waals surface area contributed by atoms with Gasteiger partial charge in [0, 0.05) is 6.61 Å². The molecular formula is C6H8F6O. The molecule has 0 amide bonds. The van der Waals surface area contributed by atoms with Crippen LogP contribution in [-0.4, -0.2) is 25.1 Å². The van der Waals surface area contributed by atoms with Crippen molar-refractivity contribution >= 4 is 0 Å². The molecule has 0 fully saturated rings. The Bertz CT molecular complexity index is 134. The van der Waals surface area contributed by atoms with Crippen molar-refractivity contribution in [2.24, 2.45) is 0 Å². The lowest BCUT2D eigenvalue weighted by molar-refractivity contribution is -0.321. The molecule has 80 valence electrons. The molecule has 0 saturated heterocycles. The van der Waals surface area contributed by atoms with Crippen molar-refractivity contribution in [3.05, 3.63) is 0 Å². The van der Waals surface area contributed by atoms with Crippen molar-refractivity contribution in [2.45, 2.75) is 31.8 Å². The van der Waals surface area contributed by atoms with Crippen LogP contribution >= 0.6 is 0 Å². The molecular weight excluding hydrogens is 202 g/mol. The fraction of sp³-hybridized carbons (Fsp3) is 1.00. The Kier molecular flexibility index (Phi) is 4.02. The molecule has 7 heteroatoms. The van der Waals surface area contributed by atoms with Gasteiger partial charge in [-0.1, -0.05) is 6.92 Å². The molecule has 0 unspecified atom stereocenters. The topological polar surface area (TPSA) is 9.23 Å². The summed E-state index contributed by atoms with van der Waals surface area (Å²) in [6.45, 7) is 0.855. The van der Waals surface area contributed by atoms with Crippen LogP contribution in [0.2, 0.25) is 0 Å². The lowest BCUT2D eigenvalue weighted by Gasteiger charge is -2.22. The molecule has 0 atom stereocenters. The van der Waals surface area contributed by atoms with Gasteiger partial charge in [0.15, 0.2) is 0 Å². The number of alkyl halides is 6. The van der Waals surface area contributed by atoms with Crippen LogP contribution in [0.4, 0.5) is 26.3 Å². The standard InChI is InChI=1S/C6H8F6O/c1-2-3-13-4(5(7,8)9)6(10,11)12/h4H,2-3H2,1H3. The summed E-state index contributed by atoms with van der Waals surface area (Å²) >= 11 is 0. The van der Waals surface area contributed by atoms with Crippen LogP contribution in [0.15, 0.2) is 0 Å². The molecule has 0 aromatic rings. The Balaban J connectivity index is 4.39. The second-order valence-electron chi connectivity index (χ2n) is 2.33. The maximum atomic E-state index is 11.7. The third kappa shape index (κ3) is 4.35. The summed E-state index contributed by atoms with van der Waals surface area (Å²) in [5.74, 6) is 0. The van der Waals surface area contributed by atoms with E-state index in [1.54, 1.807) is 0 Å². The normalized spacial score (nSPS) is 13.8. The van der Waals surface area contributed by atoms with E-state index in [1.165, 1.54) is 6.92 Å². The van der Waals surface area contributed by atoms with E-state index in [0.717, 1.165) is 0 Å². The molecule has 1 nitrogen and oxygen atoms in total. The maximum Gasteiger partial charge on any atom is 0.423 e. The van der Waals surface area contributed by atoms with E-state index in [4.69, 9.17) is 0 Å². The van der Waals surface area contributed by atoms with E-state index in [-0.39, 0.29) is 6.42 Å². The summed E-state index contributed by atoms with van der Waals surface area (Å²) in [5.41, 5.74) is 0. The van der Waals surface area contributed by atoms with Gasteiger partial charge in [0.25, 0.3) is 0 Å². The smallest absolute Gasteiger partial charge is 0.361 e. The summed E-state index contributed by atoms with van der Waals surface area (Å²) in [6.07, 6.45) is -14.4. The van der Waals surface area contributed by atoms with Crippen LogP contribution in [0, 0.1) is 0 Å². The maximum absolute atomic E-state index is 11.7. The Labute approximate surface area is 70.7 Å². The minimum Gasteiger partial charge on any atom is -0.361 e. The van der Waals surface area contributed by atoms with Gasteiger partial charge in [-0.15, -0.1) is 0 Å². The molecule has 0 saturated carbocycles. The van der Waals surface area contributed by atoms with E-state index in [0.29, 0.717) is 0 Å². The minimum atomic E-state index is -5.40. The molecule has 0 N–H and O–H groups in total. The van der Waals surface area contributed by atoms with Gasteiger partial charge in [-0.05, 0) is 6.42 Å². The summed E-state index contributed by atoms with van der Waals surface area (Å²) < 4.78 is 73.8. The first-order chi connectivity index (χ1) is 5.69. The number of hydrogen-bond acceptors (Lipinski definition) is 1. The molecule has 0 aromatic heterocycles. The quantitative estimate of drug-likeness (QED) is 0.651. The second-order valence-corrected chi connectivity index (χ2v) is 2.33. The highest BCUT2D eigenvalue weighted by Crippen LogP contribution is 2.35. The van der Waals surface area contributed by atoms with E-state index in [2.05, 4.69) is 4.74 Å². The first kappa shape index (κ1) is 12.5. The molecule has 0 aromatic carbocycles. The number of hydrogen-bond donors (Lipinski definition) is 0. The summed E-state index contributed by atoms with van der Waals surface area (Å²) in [4.78, 5) is 0.